The minimum atomic E-state index is -1.25. The number of amidine groups is 1. The number of carbonyl (C=O) groups is 1. The number of hydrogen-bond acceptors (Lipinski definition) is 6. The standard InChI is InChI=1S/C17H15FN6O/c18-12-7-3-1-5-10(12)14-9-17(23-21-14)16(25)20-15(22-24-17)11-6-2-4-8-13(11)19/h1-8,23-24H,9,19H2,(H,20,22,25). The number of nitrogens with one attached hydrogen (secondary N) is 3. The molecule has 5 N–H and O–H groups in total. The fourth-order valence-electron chi connectivity index (χ4n) is 2.82. The summed E-state index contributed by atoms with van der Waals surface area (Å²) in [6, 6.07) is 13.4. The monoisotopic (exact) mass is 338 g/mol. The molecule has 0 fully saturated rings. The molecule has 2 aromatic rings. The van der Waals surface area contributed by atoms with Crippen LogP contribution in [0.1, 0.15) is 17.5 Å². The first-order valence-corrected chi connectivity index (χ1v) is 7.69. The molecule has 0 radical (unpaired) electrons. The summed E-state index contributed by atoms with van der Waals surface area (Å²) in [5.41, 5.74) is 12.1. The molecule has 2 aromatic carbocycles. The lowest BCUT2D eigenvalue weighted by Crippen LogP contribution is -2.65. The number of hydrazone groups is 2. The van der Waals surface area contributed by atoms with Gasteiger partial charge in [-0.1, -0.05) is 30.3 Å². The maximum absolute atomic E-state index is 14.0. The van der Waals surface area contributed by atoms with Gasteiger partial charge in [0.15, 0.2) is 5.84 Å². The van der Waals surface area contributed by atoms with Crippen LogP contribution >= 0.6 is 0 Å². The Morgan fingerprint density at radius 1 is 1.00 bits per heavy atom. The van der Waals surface area contributed by atoms with E-state index in [2.05, 4.69) is 26.4 Å². The molecule has 7 nitrogen and oxygen atoms in total. The van der Waals surface area contributed by atoms with Gasteiger partial charge >= 0.3 is 0 Å². The van der Waals surface area contributed by atoms with E-state index in [0.29, 0.717) is 28.4 Å². The Morgan fingerprint density at radius 3 is 2.40 bits per heavy atom. The molecule has 4 rings (SSSR count). The Hall–Kier alpha value is -3.42. The number of halogens is 1. The van der Waals surface area contributed by atoms with Crippen LogP contribution in [0.25, 0.3) is 0 Å². The van der Waals surface area contributed by atoms with E-state index in [9.17, 15) is 9.18 Å². The summed E-state index contributed by atoms with van der Waals surface area (Å²) in [5.74, 6) is -0.428. The average molecular weight is 338 g/mol. The molecule has 2 aliphatic rings. The van der Waals surface area contributed by atoms with Crippen LogP contribution in [-0.2, 0) is 4.79 Å². The third-order valence-electron chi connectivity index (χ3n) is 4.19. The van der Waals surface area contributed by atoms with Crippen molar-refractivity contribution in [3.05, 3.63) is 65.5 Å². The quantitative estimate of drug-likeness (QED) is 0.610. The van der Waals surface area contributed by atoms with E-state index in [1.165, 1.54) is 6.07 Å². The molecular weight excluding hydrogens is 323 g/mol. The van der Waals surface area contributed by atoms with Crippen molar-refractivity contribution in [2.45, 2.75) is 12.1 Å². The summed E-state index contributed by atoms with van der Waals surface area (Å²) in [5, 5.41) is 11.1. The van der Waals surface area contributed by atoms with Crippen LogP contribution in [0.5, 0.6) is 0 Å². The molecule has 0 saturated carbocycles. The number of hydrogen-bond donors (Lipinski definition) is 4. The van der Waals surface area contributed by atoms with Crippen molar-refractivity contribution < 1.29 is 9.18 Å². The maximum Gasteiger partial charge on any atom is 0.275 e. The first-order chi connectivity index (χ1) is 12.1. The van der Waals surface area contributed by atoms with E-state index in [-0.39, 0.29) is 12.3 Å². The van der Waals surface area contributed by atoms with Gasteiger partial charge < -0.3 is 11.1 Å². The predicted molar refractivity (Wildman–Crippen MR) is 92.1 cm³/mol. The second-order valence-electron chi connectivity index (χ2n) is 5.85. The maximum atomic E-state index is 14.0. The zero-order chi connectivity index (χ0) is 17.4. The summed E-state index contributed by atoms with van der Waals surface area (Å²) >= 11 is 0. The van der Waals surface area contributed by atoms with Gasteiger partial charge in [0.25, 0.3) is 5.91 Å². The molecule has 126 valence electrons. The highest BCUT2D eigenvalue weighted by atomic mass is 19.1. The lowest BCUT2D eigenvalue weighted by atomic mass is 9.98. The van der Waals surface area contributed by atoms with Gasteiger partial charge in [0.05, 0.1) is 5.71 Å². The van der Waals surface area contributed by atoms with Gasteiger partial charge in [0, 0.05) is 23.2 Å². The number of amides is 1. The molecule has 0 saturated heterocycles. The first kappa shape index (κ1) is 15.1. The highest BCUT2D eigenvalue weighted by Crippen LogP contribution is 2.23. The highest BCUT2D eigenvalue weighted by Gasteiger charge is 2.46. The molecule has 2 heterocycles. The molecule has 1 spiro atoms. The van der Waals surface area contributed by atoms with Gasteiger partial charge in [0.1, 0.15) is 5.82 Å². The van der Waals surface area contributed by atoms with Gasteiger partial charge in [-0.3, -0.25) is 15.6 Å². The van der Waals surface area contributed by atoms with Gasteiger partial charge in [-0.05, 0) is 18.2 Å². The summed E-state index contributed by atoms with van der Waals surface area (Å²) in [4.78, 5) is 12.7. The number of anilines is 1. The predicted octanol–water partition coefficient (Wildman–Crippen LogP) is 0.883. The number of para-hydroxylation sites is 1. The molecule has 2 aliphatic heterocycles. The summed E-state index contributed by atoms with van der Waals surface area (Å²) in [6.45, 7) is 0. The Balaban J connectivity index is 1.59. The van der Waals surface area contributed by atoms with Crippen molar-refractivity contribution in [1.29, 1.82) is 0 Å². The van der Waals surface area contributed by atoms with Gasteiger partial charge in [0.2, 0.25) is 5.66 Å². The van der Waals surface area contributed by atoms with E-state index < -0.39 is 11.5 Å². The Morgan fingerprint density at radius 2 is 1.68 bits per heavy atom. The molecule has 25 heavy (non-hydrogen) atoms. The number of nitrogen functional groups attached to an aromatic ring is 1. The number of benzene rings is 2. The summed E-state index contributed by atoms with van der Waals surface area (Å²) < 4.78 is 14.0. The third-order valence-corrected chi connectivity index (χ3v) is 4.19. The topological polar surface area (TPSA) is 104 Å². The minimum absolute atomic E-state index is 0.154. The lowest BCUT2D eigenvalue weighted by Gasteiger charge is -2.31. The van der Waals surface area contributed by atoms with Crippen LogP contribution in [0, 0.1) is 5.82 Å². The molecular formula is C17H15FN6O. The molecule has 0 aromatic heterocycles. The van der Waals surface area contributed by atoms with Crippen molar-refractivity contribution >= 4 is 23.1 Å². The molecule has 0 aliphatic carbocycles. The van der Waals surface area contributed by atoms with Crippen molar-refractivity contribution in [2.24, 2.45) is 10.2 Å². The van der Waals surface area contributed by atoms with Crippen LogP contribution in [0.2, 0.25) is 0 Å². The number of rotatable bonds is 2. The van der Waals surface area contributed by atoms with Crippen molar-refractivity contribution in [1.82, 2.24) is 16.2 Å². The lowest BCUT2D eigenvalue weighted by molar-refractivity contribution is -0.127. The molecule has 1 amide bonds. The zero-order valence-corrected chi connectivity index (χ0v) is 13.1. The van der Waals surface area contributed by atoms with Crippen LogP contribution in [-0.4, -0.2) is 23.1 Å². The van der Waals surface area contributed by atoms with E-state index >= 15 is 0 Å². The third kappa shape index (κ3) is 2.47. The van der Waals surface area contributed by atoms with E-state index in [1.807, 2.05) is 0 Å². The summed E-state index contributed by atoms with van der Waals surface area (Å²) in [7, 11) is 0. The molecule has 8 heteroatoms. The van der Waals surface area contributed by atoms with Gasteiger partial charge in [-0.15, -0.1) is 0 Å². The normalized spacial score (nSPS) is 21.9. The van der Waals surface area contributed by atoms with E-state index in [1.54, 1.807) is 42.5 Å². The Labute approximate surface area is 142 Å². The van der Waals surface area contributed by atoms with E-state index in [4.69, 9.17) is 5.73 Å². The van der Waals surface area contributed by atoms with Crippen LogP contribution in [0.15, 0.2) is 58.7 Å². The fourth-order valence-corrected chi connectivity index (χ4v) is 2.82. The SMILES string of the molecule is Nc1ccccc1C1=NNC2(CC(c3ccccc3F)=NN2)C(=O)N1. The minimum Gasteiger partial charge on any atom is -0.398 e. The van der Waals surface area contributed by atoms with Gasteiger partial charge in [-0.25, -0.2) is 4.39 Å². The molecule has 1 atom stereocenters. The van der Waals surface area contributed by atoms with E-state index in [0.717, 1.165) is 0 Å². The van der Waals surface area contributed by atoms with Crippen LogP contribution in [0.3, 0.4) is 0 Å². The Bertz CT molecular complexity index is 925. The number of carbonyl (C=O) groups excluding carboxylic acids is 1. The van der Waals surface area contributed by atoms with Crippen molar-refractivity contribution in [3.8, 4) is 0 Å². The summed E-state index contributed by atoms with van der Waals surface area (Å²) in [6.07, 6.45) is 0.154. The first-order valence-electron chi connectivity index (χ1n) is 7.69. The number of nitrogens with two attached hydrogens (primary N) is 1. The highest BCUT2D eigenvalue weighted by molar-refractivity contribution is 6.15. The molecule has 0 bridgehead atoms. The van der Waals surface area contributed by atoms with Crippen molar-refractivity contribution in [2.75, 3.05) is 5.73 Å². The second-order valence-corrected chi connectivity index (χ2v) is 5.85. The van der Waals surface area contributed by atoms with Crippen LogP contribution in [0.4, 0.5) is 10.1 Å². The fraction of sp³-hybridized carbons (Fsp3) is 0.118. The van der Waals surface area contributed by atoms with Crippen LogP contribution < -0.4 is 21.9 Å². The number of nitrogens with zero attached hydrogens (tertiary/aromatic N) is 2. The van der Waals surface area contributed by atoms with Gasteiger partial charge in [-0.2, -0.15) is 10.2 Å². The average Bonchev–Trinajstić information content (AvgIpc) is 3.04. The second kappa shape index (κ2) is 5.59. The molecule has 1 unspecified atom stereocenters. The Kier molecular flexibility index (Phi) is 3.38. The largest absolute Gasteiger partial charge is 0.398 e. The zero-order valence-electron chi connectivity index (χ0n) is 13.1. The van der Waals surface area contributed by atoms with Crippen molar-refractivity contribution in [3.63, 3.8) is 0 Å². The smallest absolute Gasteiger partial charge is 0.275 e.